The van der Waals surface area contributed by atoms with Gasteiger partial charge in [-0.05, 0) is 49.7 Å². The minimum Gasteiger partial charge on any atom is -0.466 e. The number of rotatable bonds is 5. The van der Waals surface area contributed by atoms with Crippen LogP contribution in [0.5, 0.6) is 0 Å². The topological polar surface area (TPSA) is 49.7 Å². The summed E-state index contributed by atoms with van der Waals surface area (Å²) >= 11 is 0. The summed E-state index contributed by atoms with van der Waals surface area (Å²) in [4.78, 5) is 11.8. The highest BCUT2D eigenvalue weighted by molar-refractivity contribution is 5.70. The summed E-state index contributed by atoms with van der Waals surface area (Å²) in [5.41, 5.74) is 1.33. The van der Waals surface area contributed by atoms with Crippen LogP contribution in [-0.4, -0.2) is 37.0 Å². The van der Waals surface area contributed by atoms with E-state index in [1.807, 2.05) is 6.92 Å². The lowest BCUT2D eigenvalue weighted by molar-refractivity contribution is -0.145. The molecule has 0 N–H and O–H groups in total. The molecule has 1 aromatic heterocycles. The minimum atomic E-state index is -0.0867. The lowest BCUT2D eigenvalue weighted by Crippen LogP contribution is -2.22. The minimum absolute atomic E-state index is 0.0209. The average Bonchev–Trinajstić information content (AvgIpc) is 3.08. The third-order valence-electron chi connectivity index (χ3n) is 4.57. The number of esters is 1. The molecule has 122 valence electrons. The SMILES string of the molecule is CCOC(=O)CC1(CC2OCCOCCc3ccn2c3)CC1. The van der Waals surface area contributed by atoms with Gasteiger partial charge in [0.25, 0.3) is 0 Å². The Kier molecular flexibility index (Phi) is 4.84. The molecule has 5 nitrogen and oxygen atoms in total. The highest BCUT2D eigenvalue weighted by atomic mass is 16.5. The molecule has 1 fully saturated rings. The highest BCUT2D eigenvalue weighted by Crippen LogP contribution is 2.54. The number of carbonyl (C=O) groups is 1. The van der Waals surface area contributed by atoms with Crippen LogP contribution in [0.4, 0.5) is 0 Å². The van der Waals surface area contributed by atoms with Crippen LogP contribution >= 0.6 is 0 Å². The molecule has 22 heavy (non-hydrogen) atoms. The van der Waals surface area contributed by atoms with Crippen molar-refractivity contribution in [2.75, 3.05) is 26.4 Å². The zero-order chi connectivity index (χ0) is 15.4. The standard InChI is InChI=1S/C17H25NO4/c1-2-21-16(19)12-17(5-6-17)11-15-18-7-3-14(13-18)4-8-20-9-10-22-15/h3,7,13,15H,2,4-6,8-12H2,1H3. The Bertz CT molecular complexity index is 507. The Morgan fingerprint density at radius 3 is 3.05 bits per heavy atom. The normalized spacial score (nSPS) is 23.8. The molecule has 0 aromatic carbocycles. The van der Waals surface area contributed by atoms with Gasteiger partial charge >= 0.3 is 5.97 Å². The fourth-order valence-electron chi connectivity index (χ4n) is 3.09. The summed E-state index contributed by atoms with van der Waals surface area (Å²) in [6, 6.07) is 2.12. The van der Waals surface area contributed by atoms with Crippen molar-refractivity contribution in [3.8, 4) is 0 Å². The van der Waals surface area contributed by atoms with E-state index in [0.29, 0.717) is 26.2 Å². The first-order valence-electron chi connectivity index (χ1n) is 8.22. The van der Waals surface area contributed by atoms with Gasteiger partial charge in [-0.3, -0.25) is 4.79 Å². The number of nitrogens with zero attached hydrogens (tertiary/aromatic N) is 1. The number of carbonyl (C=O) groups excluding carboxylic acids is 1. The van der Waals surface area contributed by atoms with Crippen LogP contribution in [0.15, 0.2) is 18.5 Å². The second kappa shape index (κ2) is 6.84. The third kappa shape index (κ3) is 3.90. The smallest absolute Gasteiger partial charge is 0.306 e. The van der Waals surface area contributed by atoms with Crippen LogP contribution in [0.1, 0.15) is 44.4 Å². The Hall–Kier alpha value is -1.33. The molecule has 1 saturated carbocycles. The summed E-state index contributed by atoms with van der Waals surface area (Å²) in [5.74, 6) is -0.0867. The molecule has 1 atom stereocenters. The second-order valence-electron chi connectivity index (χ2n) is 6.34. The van der Waals surface area contributed by atoms with Gasteiger partial charge in [-0.15, -0.1) is 0 Å². The van der Waals surface area contributed by atoms with Crippen LogP contribution in [0.3, 0.4) is 0 Å². The molecule has 1 aromatic rings. The number of ether oxygens (including phenoxy) is 3. The van der Waals surface area contributed by atoms with Crippen molar-refractivity contribution in [3.05, 3.63) is 24.0 Å². The summed E-state index contributed by atoms with van der Waals surface area (Å²) < 4.78 is 18.8. The van der Waals surface area contributed by atoms with E-state index in [-0.39, 0.29) is 17.6 Å². The van der Waals surface area contributed by atoms with Gasteiger partial charge in [0.1, 0.15) is 6.23 Å². The molecule has 0 spiro atoms. The summed E-state index contributed by atoms with van der Waals surface area (Å²) in [6.07, 6.45) is 8.66. The number of hydrogen-bond donors (Lipinski definition) is 0. The van der Waals surface area contributed by atoms with Crippen molar-refractivity contribution in [1.82, 2.24) is 4.57 Å². The number of hydrogen-bond acceptors (Lipinski definition) is 4. The highest BCUT2D eigenvalue weighted by Gasteiger charge is 2.46. The van der Waals surface area contributed by atoms with E-state index in [4.69, 9.17) is 14.2 Å². The van der Waals surface area contributed by atoms with Crippen molar-refractivity contribution in [3.63, 3.8) is 0 Å². The van der Waals surface area contributed by atoms with Crippen LogP contribution < -0.4 is 0 Å². The maximum Gasteiger partial charge on any atom is 0.306 e. The van der Waals surface area contributed by atoms with E-state index in [2.05, 4.69) is 23.0 Å². The second-order valence-corrected chi connectivity index (χ2v) is 6.34. The molecule has 5 heteroatoms. The first-order chi connectivity index (χ1) is 10.7. The first-order valence-corrected chi connectivity index (χ1v) is 8.22. The molecule has 0 saturated heterocycles. The van der Waals surface area contributed by atoms with Crippen LogP contribution in [-0.2, 0) is 25.4 Å². The van der Waals surface area contributed by atoms with Gasteiger partial charge in [-0.2, -0.15) is 0 Å². The molecule has 1 aliphatic carbocycles. The van der Waals surface area contributed by atoms with Gasteiger partial charge < -0.3 is 18.8 Å². The van der Waals surface area contributed by atoms with Crippen molar-refractivity contribution in [2.45, 2.75) is 45.3 Å². The predicted molar refractivity (Wildman–Crippen MR) is 81.5 cm³/mol. The van der Waals surface area contributed by atoms with E-state index in [1.54, 1.807) is 0 Å². The third-order valence-corrected chi connectivity index (χ3v) is 4.57. The van der Waals surface area contributed by atoms with Crippen LogP contribution in [0.2, 0.25) is 0 Å². The van der Waals surface area contributed by atoms with E-state index in [0.717, 1.165) is 32.3 Å². The van der Waals surface area contributed by atoms with E-state index >= 15 is 0 Å². The molecule has 1 unspecified atom stereocenters. The van der Waals surface area contributed by atoms with Gasteiger partial charge in [0.2, 0.25) is 0 Å². The van der Waals surface area contributed by atoms with Crippen molar-refractivity contribution in [2.24, 2.45) is 5.41 Å². The first kappa shape index (κ1) is 15.6. The molecule has 0 radical (unpaired) electrons. The lowest BCUT2D eigenvalue weighted by Gasteiger charge is -2.25. The lowest BCUT2D eigenvalue weighted by atomic mass is 9.97. The zero-order valence-electron chi connectivity index (χ0n) is 13.3. The summed E-state index contributed by atoms with van der Waals surface area (Å²) in [7, 11) is 0. The molecule has 2 heterocycles. The van der Waals surface area contributed by atoms with Gasteiger partial charge in [0.05, 0.1) is 32.8 Å². The van der Waals surface area contributed by atoms with Gasteiger partial charge in [0.15, 0.2) is 0 Å². The summed E-state index contributed by atoms with van der Waals surface area (Å²) in [5, 5.41) is 0. The largest absolute Gasteiger partial charge is 0.466 e. The maximum atomic E-state index is 11.8. The molecule has 1 aliphatic heterocycles. The molecule has 3 rings (SSSR count). The average molecular weight is 307 g/mol. The summed E-state index contributed by atoms with van der Waals surface area (Å²) in [6.45, 7) is 4.26. The van der Waals surface area contributed by atoms with Gasteiger partial charge in [-0.1, -0.05) is 0 Å². The fourth-order valence-corrected chi connectivity index (χ4v) is 3.09. The maximum absolute atomic E-state index is 11.8. The number of fused-ring (bicyclic) bond motifs is 2. The molecule has 2 bridgehead atoms. The molecule has 2 aliphatic rings. The van der Waals surface area contributed by atoms with E-state index in [9.17, 15) is 4.79 Å². The van der Waals surface area contributed by atoms with Gasteiger partial charge in [0, 0.05) is 12.4 Å². The van der Waals surface area contributed by atoms with E-state index in [1.165, 1.54) is 5.56 Å². The Morgan fingerprint density at radius 2 is 2.27 bits per heavy atom. The van der Waals surface area contributed by atoms with Crippen molar-refractivity contribution < 1.29 is 19.0 Å². The van der Waals surface area contributed by atoms with Crippen molar-refractivity contribution in [1.29, 1.82) is 0 Å². The molecule has 0 amide bonds. The predicted octanol–water partition coefficient (Wildman–Crippen LogP) is 2.70. The molecular formula is C17H25NO4. The Balaban J connectivity index is 1.66. The van der Waals surface area contributed by atoms with Crippen LogP contribution in [0, 0.1) is 5.41 Å². The quantitative estimate of drug-likeness (QED) is 0.785. The zero-order valence-corrected chi connectivity index (χ0v) is 13.3. The Labute approximate surface area is 131 Å². The van der Waals surface area contributed by atoms with E-state index < -0.39 is 0 Å². The van der Waals surface area contributed by atoms with Crippen molar-refractivity contribution >= 4 is 5.97 Å². The Morgan fingerprint density at radius 1 is 1.41 bits per heavy atom. The van der Waals surface area contributed by atoms with Gasteiger partial charge in [-0.25, -0.2) is 0 Å². The monoisotopic (exact) mass is 307 g/mol. The molecular weight excluding hydrogens is 282 g/mol. The fraction of sp³-hybridized carbons (Fsp3) is 0.706. The van der Waals surface area contributed by atoms with Crippen LogP contribution in [0.25, 0.3) is 0 Å². The number of aromatic nitrogens is 1.